The maximum absolute atomic E-state index is 12.4. The largest absolute Gasteiger partial charge is 0.405 e. The van der Waals surface area contributed by atoms with Gasteiger partial charge in [0.1, 0.15) is 18.0 Å². The number of nitrogens with zero attached hydrogens (tertiary/aromatic N) is 6. The molecule has 0 aliphatic carbocycles. The standard InChI is InChI=1S/C29H33F3N8O3S/c1-37(2)40(44(42)43)18-20-8-11-38(12-9-20)26-7-6-23(16-33-26)21-10-13-39-25(17-34-27(39)15-21)22-4-3-5-24(14-22)36-28(41)35-19-29(30,31)32/h3-7,10,13-17,20,44H,8-9,11-12,18-19H2,1-2H3,(H2,35,36,41). The normalized spacial score (nSPS) is 14.6. The predicted molar refractivity (Wildman–Crippen MR) is 163 cm³/mol. The van der Waals surface area contributed by atoms with Gasteiger partial charge in [-0.05, 0) is 60.7 Å². The van der Waals surface area contributed by atoms with Crippen molar-refractivity contribution in [3.63, 3.8) is 0 Å². The van der Waals surface area contributed by atoms with E-state index >= 15 is 0 Å². The van der Waals surface area contributed by atoms with Crippen LogP contribution in [0.5, 0.6) is 0 Å². The van der Waals surface area contributed by atoms with Gasteiger partial charge in [-0.15, -0.1) is 4.41 Å². The molecular weight excluding hydrogens is 597 g/mol. The molecule has 3 aromatic heterocycles. The van der Waals surface area contributed by atoms with Crippen molar-refractivity contribution in [2.24, 2.45) is 5.92 Å². The second-order valence-corrected chi connectivity index (χ2v) is 11.7. The third-order valence-corrected chi connectivity index (χ3v) is 8.37. The smallest absolute Gasteiger partial charge is 0.357 e. The molecular formula is C29H33F3N8O3S. The van der Waals surface area contributed by atoms with Gasteiger partial charge in [0, 0.05) is 62.9 Å². The van der Waals surface area contributed by atoms with Crippen LogP contribution in [0.4, 0.5) is 29.5 Å². The van der Waals surface area contributed by atoms with E-state index in [1.54, 1.807) is 48.8 Å². The molecule has 44 heavy (non-hydrogen) atoms. The Labute approximate surface area is 254 Å². The van der Waals surface area contributed by atoms with Crippen LogP contribution in [0.25, 0.3) is 28.0 Å². The summed E-state index contributed by atoms with van der Waals surface area (Å²) in [5, 5.41) is 5.82. The van der Waals surface area contributed by atoms with Gasteiger partial charge in [0.2, 0.25) is 10.9 Å². The number of fused-ring (bicyclic) bond motifs is 1. The SMILES string of the molecule is CN(C)N(CC1CCN(c2ccc(-c3ccn4c(-c5cccc(NC(=O)NCC(F)(F)F)c5)cnc4c3)cn2)CC1)[SH](=O)=O. The molecule has 234 valence electrons. The van der Waals surface area contributed by atoms with E-state index in [1.807, 2.05) is 47.1 Å². The van der Waals surface area contributed by atoms with Crippen LogP contribution in [0.3, 0.4) is 0 Å². The lowest BCUT2D eigenvalue weighted by Crippen LogP contribution is -2.43. The average molecular weight is 631 g/mol. The first kappa shape index (κ1) is 31.2. The lowest BCUT2D eigenvalue weighted by molar-refractivity contribution is -0.122. The number of anilines is 2. The Morgan fingerprint density at radius 2 is 1.77 bits per heavy atom. The molecule has 1 fully saturated rings. The van der Waals surface area contributed by atoms with Crippen molar-refractivity contribution in [3.05, 3.63) is 67.1 Å². The molecule has 4 aromatic rings. The Kier molecular flexibility index (Phi) is 9.36. The van der Waals surface area contributed by atoms with Gasteiger partial charge in [-0.2, -0.15) is 13.2 Å². The summed E-state index contributed by atoms with van der Waals surface area (Å²) in [4.78, 5) is 23.3. The number of hydrogen-bond acceptors (Lipinski definition) is 7. The number of amides is 2. The highest BCUT2D eigenvalue weighted by Crippen LogP contribution is 2.28. The number of carbonyl (C=O) groups is 1. The highest BCUT2D eigenvalue weighted by molar-refractivity contribution is 7.69. The van der Waals surface area contributed by atoms with Gasteiger partial charge in [-0.3, -0.25) is 4.40 Å². The Bertz CT molecular complexity index is 1680. The van der Waals surface area contributed by atoms with Crippen molar-refractivity contribution in [2.75, 3.05) is 50.5 Å². The number of carbonyl (C=O) groups excluding carboxylic acids is 1. The molecule has 0 radical (unpaired) electrons. The molecule has 0 atom stereocenters. The van der Waals surface area contributed by atoms with Crippen molar-refractivity contribution >= 4 is 34.1 Å². The Morgan fingerprint density at radius 3 is 2.43 bits per heavy atom. The van der Waals surface area contributed by atoms with Crippen LogP contribution in [0.1, 0.15) is 12.8 Å². The molecule has 15 heteroatoms. The summed E-state index contributed by atoms with van der Waals surface area (Å²) in [7, 11) is 0.798. The van der Waals surface area contributed by atoms with Crippen molar-refractivity contribution < 1.29 is 26.4 Å². The van der Waals surface area contributed by atoms with Crippen LogP contribution in [0, 0.1) is 5.92 Å². The maximum atomic E-state index is 12.4. The van der Waals surface area contributed by atoms with Crippen LogP contribution < -0.4 is 15.5 Å². The first-order valence-electron chi connectivity index (χ1n) is 14.0. The number of pyridine rings is 2. The topological polar surface area (TPSA) is 115 Å². The monoisotopic (exact) mass is 630 g/mol. The Hall–Kier alpha value is -4.21. The van der Waals surface area contributed by atoms with Crippen molar-refractivity contribution in [3.8, 4) is 22.4 Å². The number of urea groups is 1. The second-order valence-electron chi connectivity index (χ2n) is 10.8. The van der Waals surface area contributed by atoms with E-state index in [4.69, 9.17) is 4.98 Å². The number of hydrogen-bond donors (Lipinski definition) is 3. The molecule has 1 aliphatic rings. The summed E-state index contributed by atoms with van der Waals surface area (Å²) in [6.07, 6.45) is 2.66. The highest BCUT2D eigenvalue weighted by Gasteiger charge is 2.28. The van der Waals surface area contributed by atoms with E-state index in [0.29, 0.717) is 17.9 Å². The lowest BCUT2D eigenvalue weighted by atomic mass is 9.97. The van der Waals surface area contributed by atoms with E-state index in [1.165, 1.54) is 4.41 Å². The van der Waals surface area contributed by atoms with Gasteiger partial charge >= 0.3 is 12.2 Å². The fourth-order valence-electron chi connectivity index (χ4n) is 5.18. The predicted octanol–water partition coefficient (Wildman–Crippen LogP) is 4.27. The first-order chi connectivity index (χ1) is 21.0. The Morgan fingerprint density at radius 1 is 1.00 bits per heavy atom. The van der Waals surface area contributed by atoms with E-state index < -0.39 is 29.6 Å². The zero-order chi connectivity index (χ0) is 31.4. The minimum atomic E-state index is -4.50. The van der Waals surface area contributed by atoms with Crippen LogP contribution in [-0.4, -0.2) is 84.7 Å². The van der Waals surface area contributed by atoms with Gasteiger partial charge in [-0.25, -0.2) is 28.2 Å². The number of piperidine rings is 1. The van der Waals surface area contributed by atoms with Gasteiger partial charge in [0.25, 0.3) is 0 Å². The molecule has 2 amide bonds. The maximum Gasteiger partial charge on any atom is 0.405 e. The summed E-state index contributed by atoms with van der Waals surface area (Å²) in [5.41, 5.74) is 4.37. The molecule has 1 aliphatic heterocycles. The van der Waals surface area contributed by atoms with Crippen LogP contribution >= 0.6 is 0 Å². The van der Waals surface area contributed by atoms with Crippen molar-refractivity contribution in [2.45, 2.75) is 19.0 Å². The number of nitrogens with one attached hydrogen (secondary N) is 2. The molecule has 0 saturated carbocycles. The lowest BCUT2D eigenvalue weighted by Gasteiger charge is -2.35. The van der Waals surface area contributed by atoms with Gasteiger partial charge in [0.05, 0.1) is 11.9 Å². The molecule has 5 rings (SSSR count). The number of rotatable bonds is 9. The van der Waals surface area contributed by atoms with Gasteiger partial charge < -0.3 is 15.5 Å². The number of halogens is 3. The minimum absolute atomic E-state index is 0.286. The number of aromatic nitrogens is 3. The number of imidazole rings is 1. The average Bonchev–Trinajstić information content (AvgIpc) is 3.42. The molecule has 2 N–H and O–H groups in total. The van der Waals surface area contributed by atoms with E-state index in [-0.39, 0.29) is 5.92 Å². The van der Waals surface area contributed by atoms with Gasteiger partial charge in [0.15, 0.2) is 0 Å². The Balaban J connectivity index is 1.23. The molecule has 4 heterocycles. The highest BCUT2D eigenvalue weighted by atomic mass is 32.2. The van der Waals surface area contributed by atoms with E-state index in [9.17, 15) is 26.4 Å². The quantitative estimate of drug-likeness (QED) is 0.187. The summed E-state index contributed by atoms with van der Waals surface area (Å²) >= 11 is 0. The molecule has 11 nitrogen and oxygen atoms in total. The molecule has 0 unspecified atom stereocenters. The number of alkyl halides is 3. The zero-order valence-electron chi connectivity index (χ0n) is 24.2. The number of thiol groups is 1. The molecule has 1 aromatic carbocycles. The third kappa shape index (κ3) is 7.65. The number of benzene rings is 1. The fraction of sp³-hybridized carbons (Fsp3) is 0.345. The van der Waals surface area contributed by atoms with Crippen LogP contribution in [0.2, 0.25) is 0 Å². The van der Waals surface area contributed by atoms with E-state index in [0.717, 1.165) is 54.1 Å². The van der Waals surface area contributed by atoms with Crippen molar-refractivity contribution in [1.29, 1.82) is 0 Å². The fourth-order valence-corrected chi connectivity index (χ4v) is 5.84. The minimum Gasteiger partial charge on any atom is -0.357 e. The third-order valence-electron chi connectivity index (χ3n) is 7.47. The summed E-state index contributed by atoms with van der Waals surface area (Å²) in [5.74, 6) is 1.16. The first-order valence-corrected chi connectivity index (χ1v) is 15.1. The summed E-state index contributed by atoms with van der Waals surface area (Å²) in [6, 6.07) is 13.7. The number of hydrazine groups is 1. The van der Waals surface area contributed by atoms with Crippen molar-refractivity contribution in [1.82, 2.24) is 29.1 Å². The molecule has 0 bridgehead atoms. The summed E-state index contributed by atoms with van der Waals surface area (Å²) in [6.45, 7) is 0.656. The molecule has 1 saturated heterocycles. The summed E-state index contributed by atoms with van der Waals surface area (Å²) < 4.78 is 63.5. The van der Waals surface area contributed by atoms with Crippen LogP contribution in [-0.2, 0) is 10.9 Å². The molecule has 0 spiro atoms. The van der Waals surface area contributed by atoms with Crippen LogP contribution in [0.15, 0.2) is 67.1 Å². The van der Waals surface area contributed by atoms with Gasteiger partial charge in [-0.1, -0.05) is 12.1 Å². The van der Waals surface area contributed by atoms with E-state index in [2.05, 4.69) is 15.2 Å². The zero-order valence-corrected chi connectivity index (χ0v) is 25.1. The second kappa shape index (κ2) is 13.2.